The van der Waals surface area contributed by atoms with E-state index >= 15 is 0 Å². The first-order chi connectivity index (χ1) is 68.0. The van der Waals surface area contributed by atoms with Crippen LogP contribution in [0.5, 0.6) is 0 Å². The summed E-state index contributed by atoms with van der Waals surface area (Å²) >= 11 is 0. The summed E-state index contributed by atoms with van der Waals surface area (Å²) in [4.78, 5) is 0. The van der Waals surface area contributed by atoms with Crippen molar-refractivity contribution < 1.29 is 66.4 Å². The topological polar surface area (TPSA) is 287 Å². The maximum absolute atomic E-state index is 11.7. The van der Waals surface area contributed by atoms with Crippen LogP contribution in [-0.2, 0) is 0 Å². The van der Waals surface area contributed by atoms with E-state index < -0.39 is 0 Å². The number of nitrogens with zero attached hydrogens (tertiary/aromatic N) is 1. The molecule has 20 rings (SSSR count). The summed E-state index contributed by atoms with van der Waals surface area (Å²) in [5.74, 6) is 19.6. The van der Waals surface area contributed by atoms with Crippen molar-refractivity contribution >= 4 is 0 Å². The molecule has 20 saturated carbocycles. The first-order valence-corrected chi connectivity index (χ1v) is 62.6. The Hall–Kier alpha value is -1.29. The molecule has 0 aromatic carbocycles. The van der Waals surface area contributed by atoms with E-state index in [0.29, 0.717) is 231 Å². The molecular weight excluding hydrogens is 1770 g/mol. The Morgan fingerprint density at radius 3 is 0.804 bits per heavy atom. The van der Waals surface area contributed by atoms with E-state index in [9.17, 15) is 71.6 Å². The van der Waals surface area contributed by atoms with Gasteiger partial charge in [-0.2, -0.15) is 5.26 Å². The minimum absolute atomic E-state index is 0.0673. The van der Waals surface area contributed by atoms with Gasteiger partial charge >= 0.3 is 0 Å². The zero-order valence-corrected chi connectivity index (χ0v) is 95.1. The van der Waals surface area contributed by atoms with Crippen LogP contribution in [0.3, 0.4) is 0 Å². The van der Waals surface area contributed by atoms with Gasteiger partial charge in [-0.3, -0.25) is 0 Å². The van der Waals surface area contributed by atoms with E-state index in [0.717, 1.165) is 196 Å². The molecule has 0 amide bonds. The average Bonchev–Trinajstić information content (AvgIpc) is 1.70. The van der Waals surface area contributed by atoms with Gasteiger partial charge in [-0.1, -0.05) is 176 Å². The van der Waals surface area contributed by atoms with E-state index in [2.05, 4.69) is 151 Å². The molecular formula is C129H223NO13. The van der Waals surface area contributed by atoms with Crippen molar-refractivity contribution in [3.8, 4) is 6.07 Å². The molecule has 20 fully saturated rings. The van der Waals surface area contributed by atoms with Crippen molar-refractivity contribution in [2.75, 3.05) is 26.4 Å². The van der Waals surface area contributed by atoms with Gasteiger partial charge in [0.05, 0.1) is 61.0 Å². The zero-order chi connectivity index (χ0) is 103. The number of hydrogen-bond donors (Lipinski definition) is 13. The average molecular weight is 2000 g/mol. The normalized spacial score (nSPS) is 52.8. The van der Waals surface area contributed by atoms with Crippen LogP contribution < -0.4 is 0 Å². The van der Waals surface area contributed by atoms with Gasteiger partial charge in [0.25, 0.3) is 0 Å². The van der Waals surface area contributed by atoms with E-state index in [1.807, 2.05) is 0 Å². The Balaban J connectivity index is 0.000000128. The van der Waals surface area contributed by atoms with E-state index in [1.54, 1.807) is 0 Å². The Morgan fingerprint density at radius 1 is 0.280 bits per heavy atom. The molecule has 20 aliphatic carbocycles. The van der Waals surface area contributed by atoms with Crippen molar-refractivity contribution in [2.24, 2.45) is 255 Å². The predicted molar refractivity (Wildman–Crippen MR) is 579 cm³/mol. The highest BCUT2D eigenvalue weighted by Gasteiger charge is 2.72. The lowest BCUT2D eigenvalue weighted by molar-refractivity contribution is -0.203. The Morgan fingerprint density at radius 2 is 0.524 bits per heavy atom. The Kier molecular flexibility index (Phi) is 36.3. The fourth-order valence-electron chi connectivity index (χ4n) is 47.0. The van der Waals surface area contributed by atoms with Crippen molar-refractivity contribution in [1.29, 1.82) is 5.26 Å². The SMILES string of the molecule is C/C=C1/[C@H](O)C2C3CC[C@H]([C@H](C)CCCO)[C@@]3(C)CCC2[C@@]2(C)CC[C@@H](O)C[C@@H]12.CC[C@@H]1[C@@H](O)C2C3CC[C@H]([C@H](C)CCCO)[C@@]3(C)CCC2[C@@]2(C)CC[C@@H](O)C[C@@H]12.CC[C@H]1[C@@H](O)C2C3CC[C@H]([C@H](C)CC#N)[C@@]3(C)CCC2[C@@]2(C)CC[C@@H](O)C[C@@H]12.CC[C@H]1[C@@H](O)C2C3CC[C@H]([C@H](C)CCCO)[C@@]3(C)CCC2[C@@]2(C)CCCC[C@@H]12.CC[C@H]1[C@@H](O)C2C3CC[C@H]([C@H](C)CCCO)[C@@]3(C)CCC2[C@@]2(C)CC[C@@H](O)C[C@@H]12. The number of hydrogen-bond acceptors (Lipinski definition) is 14. The second-order valence-electron chi connectivity index (χ2n) is 58.8. The molecule has 0 aromatic heterocycles. The van der Waals surface area contributed by atoms with E-state index in [-0.39, 0.29) is 71.2 Å². The Labute approximate surface area is 873 Å². The third-order valence-electron chi connectivity index (χ3n) is 53.9. The van der Waals surface area contributed by atoms with E-state index in [1.165, 1.54) is 160 Å². The summed E-state index contributed by atoms with van der Waals surface area (Å²) in [7, 11) is 0. The number of rotatable bonds is 22. The van der Waals surface area contributed by atoms with Crippen LogP contribution in [0, 0.1) is 267 Å². The third kappa shape index (κ3) is 19.7. The second kappa shape index (κ2) is 45.5. The first-order valence-electron chi connectivity index (χ1n) is 62.6. The number of aliphatic hydroxyl groups excluding tert-OH is 13. The smallest absolute Gasteiger partial charge is 0.0786 e. The monoisotopic (exact) mass is 1990 g/mol. The molecule has 0 aliphatic heterocycles. The molecule has 0 bridgehead atoms. The molecule has 822 valence electrons. The molecule has 0 aromatic rings. The number of fused-ring (bicyclic) bond motifs is 25. The van der Waals surface area contributed by atoms with Crippen molar-refractivity contribution in [1.82, 2.24) is 0 Å². The van der Waals surface area contributed by atoms with Gasteiger partial charge < -0.3 is 66.4 Å². The van der Waals surface area contributed by atoms with Crippen LogP contribution in [0.25, 0.3) is 0 Å². The molecule has 13 N–H and O–H groups in total. The molecule has 14 nitrogen and oxygen atoms in total. The maximum Gasteiger partial charge on any atom is 0.0786 e. The van der Waals surface area contributed by atoms with Crippen molar-refractivity contribution in [3.63, 3.8) is 0 Å². The van der Waals surface area contributed by atoms with Crippen LogP contribution in [0.15, 0.2) is 11.6 Å². The quantitative estimate of drug-likeness (QED) is 0.0449. The lowest BCUT2D eigenvalue weighted by Crippen LogP contribution is -2.62. The molecule has 143 heavy (non-hydrogen) atoms. The molecule has 14 heteroatoms. The minimum atomic E-state index is -0.329. The minimum Gasteiger partial charge on any atom is -0.396 e. The van der Waals surface area contributed by atoms with Crippen LogP contribution in [-0.4, -0.2) is 148 Å². The first kappa shape index (κ1) is 114. The van der Waals surface area contributed by atoms with E-state index in [4.69, 9.17) is 0 Å². The van der Waals surface area contributed by atoms with Crippen molar-refractivity contribution in [3.05, 3.63) is 11.6 Å². The molecule has 15 unspecified atom stereocenters. The highest BCUT2D eigenvalue weighted by Crippen LogP contribution is 2.78. The lowest BCUT2D eigenvalue weighted by Gasteiger charge is -2.64. The predicted octanol–water partition coefficient (Wildman–Crippen LogP) is 26.2. The highest BCUT2D eigenvalue weighted by atomic mass is 16.3. The Bertz CT molecular complexity index is 4050. The van der Waals surface area contributed by atoms with Crippen molar-refractivity contribution in [2.45, 2.75) is 508 Å². The van der Waals surface area contributed by atoms with Gasteiger partial charge in [-0.25, -0.2) is 0 Å². The van der Waals surface area contributed by atoms with Crippen LogP contribution in [0.1, 0.15) is 453 Å². The van der Waals surface area contributed by atoms with Gasteiger partial charge in [-0.05, 0) is 538 Å². The van der Waals surface area contributed by atoms with Gasteiger partial charge in [0.2, 0.25) is 0 Å². The standard InChI is InChI=1S/2C26H46O3.C26H44O3.C26H46O2.C25H41NO2/c3*1-5-18-22-15-17(28)10-12-26(22,4)21-11-13-25(3)19(16(2)7-6-14-27)8-9-20(25)23(21)24(18)29;1-5-18-20-10-6-7-14-25(20,3)22-13-15-26(4)19(17(2)9-8-16-27)11-12-21(26)23(22)24(18)28;1-5-17-21-14-16(27)8-11-25(21,4)20-9-12-24(3)18(15(2)10-13-26)6-7-19(24)22(20)23(17)28/h2*16-24,27-29H,5-15H2,1-4H3;5,16-17,19-24,27-29H,6-15H2,1-4H3;17-24,27-28H,5-16H2,1-4H3;15-23,27-28H,5-12,14H2,1-4H3/b;;18-5+;;/t16-,17-,18+,19-,20?,21?,22+,23?,24-,25-,26-;16-,17-,18-,19-,20?,21?,22+,23?,24-,25-,26-;16-,17-,19-,20?,21?,22+,23?,24+,25-,26-;17-,18-,19-,20+,21?,22?,23?,24-,25+,26-;15-,16-,17-,18-,19?,20?,21+,22?,23-,24-,25-/m11111/s1. The fraction of sp³-hybridized carbons (Fsp3) is 0.977. The summed E-state index contributed by atoms with van der Waals surface area (Å²) in [5, 5.41) is 147. The number of aliphatic hydroxyl groups is 13. The molecule has 0 saturated heterocycles. The van der Waals surface area contributed by atoms with Gasteiger partial charge in [0.15, 0.2) is 0 Å². The summed E-state index contributed by atoms with van der Waals surface area (Å²) in [6.45, 7) is 49.7. The maximum atomic E-state index is 11.7. The largest absolute Gasteiger partial charge is 0.396 e. The van der Waals surface area contributed by atoms with Gasteiger partial charge in [0.1, 0.15) is 0 Å². The third-order valence-corrected chi connectivity index (χ3v) is 53.9. The number of nitriles is 1. The molecule has 53 atom stereocenters. The fourth-order valence-corrected chi connectivity index (χ4v) is 47.0. The summed E-state index contributed by atoms with van der Waals surface area (Å²) in [6, 6.07) is 2.41. The molecule has 0 spiro atoms. The number of allylic oxidation sites excluding steroid dienone is 1. The van der Waals surface area contributed by atoms with Crippen LogP contribution >= 0.6 is 0 Å². The van der Waals surface area contributed by atoms with Crippen LogP contribution in [0.2, 0.25) is 0 Å². The molecule has 0 radical (unpaired) electrons. The zero-order valence-electron chi connectivity index (χ0n) is 95.1. The van der Waals surface area contributed by atoms with Gasteiger partial charge in [-0.15, -0.1) is 0 Å². The molecule has 0 heterocycles. The van der Waals surface area contributed by atoms with Gasteiger partial charge in [0, 0.05) is 32.8 Å². The lowest BCUT2D eigenvalue weighted by atomic mass is 9.41. The summed E-state index contributed by atoms with van der Waals surface area (Å²) < 4.78 is 0. The summed E-state index contributed by atoms with van der Waals surface area (Å²) in [6.07, 6.45) is 56.7. The second-order valence-corrected chi connectivity index (χ2v) is 58.8. The van der Waals surface area contributed by atoms with Crippen LogP contribution in [0.4, 0.5) is 0 Å². The highest BCUT2D eigenvalue weighted by molar-refractivity contribution is 5.28. The molecule has 20 aliphatic rings. The summed E-state index contributed by atoms with van der Waals surface area (Å²) in [5.41, 5.74) is 4.54.